The fourth-order valence-corrected chi connectivity index (χ4v) is 2.59. The number of carboxylic acid groups (broad SMARTS) is 1. The Labute approximate surface area is 143 Å². The molecule has 3 rings (SSSR count). The molecule has 0 bridgehead atoms. The number of ether oxygens (including phenoxy) is 1. The van der Waals surface area contributed by atoms with Gasteiger partial charge in [-0.15, -0.1) is 0 Å². The van der Waals surface area contributed by atoms with Gasteiger partial charge in [-0.3, -0.25) is 4.79 Å². The van der Waals surface area contributed by atoms with Gasteiger partial charge in [-0.05, 0) is 42.8 Å². The number of carbonyl (C=O) groups excluding carboxylic acids is 2. The maximum Gasteiger partial charge on any atom is 0.170 e. The molecule has 0 aliphatic carbocycles. The smallest absolute Gasteiger partial charge is 0.170 e. The number of Topliss-reactive ketones (excluding diaryl/α,β-unsaturated/α-hetero) is 1. The van der Waals surface area contributed by atoms with E-state index in [1.54, 1.807) is 24.3 Å². The summed E-state index contributed by atoms with van der Waals surface area (Å²) in [5, 5.41) is 21.4. The summed E-state index contributed by atoms with van der Waals surface area (Å²) in [7, 11) is 0. The van der Waals surface area contributed by atoms with Gasteiger partial charge in [0, 0.05) is 17.9 Å². The van der Waals surface area contributed by atoms with Crippen molar-refractivity contribution in [2.24, 2.45) is 0 Å². The zero-order valence-corrected chi connectivity index (χ0v) is 13.4. The second-order valence-corrected chi connectivity index (χ2v) is 5.48. The summed E-state index contributed by atoms with van der Waals surface area (Å²) in [6, 6.07) is 10.9. The van der Waals surface area contributed by atoms with Crippen molar-refractivity contribution in [2.75, 3.05) is 6.61 Å². The summed E-state index contributed by atoms with van der Waals surface area (Å²) in [5.41, 5.74) is 1.28. The maximum atomic E-state index is 12.4. The van der Waals surface area contributed by atoms with Crippen LogP contribution in [0.3, 0.4) is 0 Å². The average molecular weight is 339 g/mol. The first-order chi connectivity index (χ1) is 12.0. The molecule has 128 valence electrons. The van der Waals surface area contributed by atoms with Crippen molar-refractivity contribution in [2.45, 2.75) is 13.3 Å². The second kappa shape index (κ2) is 6.68. The topological polar surface area (TPSA) is 99.8 Å². The molecule has 0 unspecified atom stereocenters. The molecule has 0 spiro atoms. The van der Waals surface area contributed by atoms with Crippen molar-refractivity contribution in [1.82, 2.24) is 0 Å². The van der Waals surface area contributed by atoms with E-state index in [0.717, 1.165) is 0 Å². The van der Waals surface area contributed by atoms with Gasteiger partial charge in [0.2, 0.25) is 0 Å². The summed E-state index contributed by atoms with van der Waals surface area (Å²) in [4.78, 5) is 23.3. The summed E-state index contributed by atoms with van der Waals surface area (Å²) >= 11 is 0. The third kappa shape index (κ3) is 3.47. The molecular formula is C19H15O6-. The monoisotopic (exact) mass is 339 g/mol. The summed E-state index contributed by atoms with van der Waals surface area (Å²) in [6.07, 6.45) is 0.0588. The Morgan fingerprint density at radius 1 is 1.16 bits per heavy atom. The zero-order chi connectivity index (χ0) is 18.0. The predicted molar refractivity (Wildman–Crippen MR) is 87.9 cm³/mol. The number of phenols is 1. The first-order valence-corrected chi connectivity index (χ1v) is 7.70. The molecule has 0 fully saturated rings. The lowest BCUT2D eigenvalue weighted by Crippen LogP contribution is -2.21. The number of rotatable bonds is 6. The van der Waals surface area contributed by atoms with Crippen LogP contribution >= 0.6 is 0 Å². The zero-order valence-electron chi connectivity index (χ0n) is 13.4. The third-order valence-electron chi connectivity index (χ3n) is 3.73. The van der Waals surface area contributed by atoms with Crippen molar-refractivity contribution < 1.29 is 29.0 Å². The Morgan fingerprint density at radius 2 is 1.96 bits per heavy atom. The van der Waals surface area contributed by atoms with Crippen LogP contribution in [0.4, 0.5) is 0 Å². The molecule has 1 heterocycles. The molecular weight excluding hydrogens is 324 g/mol. The summed E-state index contributed by atoms with van der Waals surface area (Å²) in [6.45, 7) is 2.29. The lowest BCUT2D eigenvalue weighted by Gasteiger charge is -2.07. The van der Waals surface area contributed by atoms with E-state index in [0.29, 0.717) is 28.9 Å². The van der Waals surface area contributed by atoms with E-state index in [1.807, 2.05) is 6.92 Å². The van der Waals surface area contributed by atoms with Gasteiger partial charge in [-0.1, -0.05) is 6.07 Å². The van der Waals surface area contributed by atoms with E-state index in [1.165, 1.54) is 18.2 Å². The maximum absolute atomic E-state index is 12.4. The number of carboxylic acids is 1. The number of hydrogen-bond acceptors (Lipinski definition) is 6. The van der Waals surface area contributed by atoms with Gasteiger partial charge in [0.1, 0.15) is 23.1 Å². The molecule has 0 atom stereocenters. The normalized spacial score (nSPS) is 10.8. The van der Waals surface area contributed by atoms with Crippen LogP contribution in [-0.4, -0.2) is 23.5 Å². The molecule has 1 aromatic heterocycles. The fourth-order valence-electron chi connectivity index (χ4n) is 2.59. The van der Waals surface area contributed by atoms with Crippen LogP contribution < -0.4 is 9.84 Å². The number of hydrogen-bond donors (Lipinski definition) is 1. The first-order valence-electron chi connectivity index (χ1n) is 7.70. The molecule has 2 aromatic carbocycles. The number of ketones is 1. The molecule has 0 aliphatic rings. The van der Waals surface area contributed by atoms with Crippen LogP contribution in [0.2, 0.25) is 0 Å². The highest BCUT2D eigenvalue weighted by Gasteiger charge is 2.14. The van der Waals surface area contributed by atoms with Crippen LogP contribution in [-0.2, 0) is 6.42 Å². The number of phenolic OH excluding ortho intramolecular Hbond substituents is 1. The molecule has 1 N–H and O–H groups in total. The largest absolute Gasteiger partial charge is 0.542 e. The number of fused-ring (bicyclic) bond motifs is 1. The minimum Gasteiger partial charge on any atom is -0.542 e. The summed E-state index contributed by atoms with van der Waals surface area (Å²) in [5.74, 6) is -1.56. The standard InChI is InChI=1S/C19H16O6/c1-2-24-13-4-5-14(16(21)10-13)15(20)8-11-3-6-17-12(7-11)9-18(25-17)19(22)23/h3-7,9-10,21H,2,8H2,1H3,(H,22,23)/p-1. The SMILES string of the molecule is CCOc1ccc(C(=O)Cc2ccc3oc(C(=O)[O-])cc3c2)c(O)c1. The van der Waals surface area contributed by atoms with Crippen LogP contribution in [0.15, 0.2) is 46.9 Å². The number of benzene rings is 2. The van der Waals surface area contributed by atoms with Gasteiger partial charge in [0.15, 0.2) is 11.5 Å². The highest BCUT2D eigenvalue weighted by atomic mass is 16.5. The minimum atomic E-state index is -1.40. The first kappa shape index (κ1) is 16.6. The van der Waals surface area contributed by atoms with Crippen LogP contribution in [0.25, 0.3) is 11.0 Å². The van der Waals surface area contributed by atoms with Crippen molar-refractivity contribution in [3.05, 3.63) is 59.4 Å². The van der Waals surface area contributed by atoms with Crippen molar-refractivity contribution in [3.8, 4) is 11.5 Å². The molecule has 3 aromatic rings. The molecule has 25 heavy (non-hydrogen) atoms. The number of aromatic hydroxyl groups is 1. The number of carbonyl (C=O) groups is 2. The highest BCUT2D eigenvalue weighted by Crippen LogP contribution is 2.26. The lowest BCUT2D eigenvalue weighted by atomic mass is 10.0. The van der Waals surface area contributed by atoms with Gasteiger partial charge in [0.25, 0.3) is 0 Å². The van der Waals surface area contributed by atoms with E-state index in [9.17, 15) is 19.8 Å². The van der Waals surface area contributed by atoms with E-state index in [2.05, 4.69) is 0 Å². The predicted octanol–water partition coefficient (Wildman–Crippen LogP) is 2.33. The molecule has 0 radical (unpaired) electrons. The van der Waals surface area contributed by atoms with E-state index >= 15 is 0 Å². The fraction of sp³-hybridized carbons (Fsp3) is 0.158. The van der Waals surface area contributed by atoms with Gasteiger partial charge < -0.3 is 24.2 Å². The van der Waals surface area contributed by atoms with Gasteiger partial charge >= 0.3 is 0 Å². The van der Waals surface area contributed by atoms with Crippen molar-refractivity contribution in [3.63, 3.8) is 0 Å². The molecule has 0 saturated carbocycles. The van der Waals surface area contributed by atoms with E-state index in [4.69, 9.17) is 9.15 Å². The summed E-state index contributed by atoms with van der Waals surface area (Å²) < 4.78 is 10.4. The number of aromatic carboxylic acids is 1. The Hall–Kier alpha value is -3.28. The highest BCUT2D eigenvalue weighted by molar-refractivity contribution is 6.00. The number of furan rings is 1. The lowest BCUT2D eigenvalue weighted by molar-refractivity contribution is -0.257. The average Bonchev–Trinajstić information content (AvgIpc) is 2.98. The van der Waals surface area contributed by atoms with Crippen molar-refractivity contribution >= 4 is 22.7 Å². The van der Waals surface area contributed by atoms with E-state index < -0.39 is 5.97 Å². The Bertz CT molecular complexity index is 954. The molecule has 0 amide bonds. The van der Waals surface area contributed by atoms with Gasteiger partial charge in [-0.2, -0.15) is 0 Å². The van der Waals surface area contributed by atoms with Crippen molar-refractivity contribution in [1.29, 1.82) is 0 Å². The molecule has 0 saturated heterocycles. The van der Waals surface area contributed by atoms with Crippen LogP contribution in [0.1, 0.15) is 33.4 Å². The third-order valence-corrected chi connectivity index (χ3v) is 3.73. The van der Waals surface area contributed by atoms with Crippen LogP contribution in [0, 0.1) is 0 Å². The molecule has 6 heteroatoms. The quantitative estimate of drug-likeness (QED) is 0.692. The molecule has 0 aliphatic heterocycles. The van der Waals surface area contributed by atoms with Gasteiger partial charge in [-0.25, -0.2) is 0 Å². The van der Waals surface area contributed by atoms with E-state index in [-0.39, 0.29) is 29.3 Å². The van der Waals surface area contributed by atoms with Gasteiger partial charge in [0.05, 0.1) is 12.2 Å². The Balaban J connectivity index is 1.83. The Kier molecular flexibility index (Phi) is 4.43. The molecule has 6 nitrogen and oxygen atoms in total. The van der Waals surface area contributed by atoms with Crippen LogP contribution in [0.5, 0.6) is 11.5 Å². The minimum absolute atomic E-state index is 0.0588. The Morgan fingerprint density at radius 3 is 2.64 bits per heavy atom. The second-order valence-electron chi connectivity index (χ2n) is 5.48.